The molecule has 0 amide bonds. The summed E-state index contributed by atoms with van der Waals surface area (Å²) >= 11 is 0. The highest BCUT2D eigenvalue weighted by Gasteiger charge is 2.17. The van der Waals surface area contributed by atoms with Crippen LogP contribution < -0.4 is 10.6 Å². The van der Waals surface area contributed by atoms with Crippen molar-refractivity contribution in [2.24, 2.45) is 0 Å². The Hall–Kier alpha value is -0.720. The molecular formula is C6H8O4P2. The first-order chi connectivity index (χ1) is 5.46. The summed E-state index contributed by atoms with van der Waals surface area (Å²) in [7, 11) is 4.27. The van der Waals surface area contributed by atoms with Crippen LogP contribution in [-0.2, 0) is 0 Å². The predicted octanol–water partition coefficient (Wildman–Crippen LogP) is -0.490. The predicted molar refractivity (Wildman–Crippen MR) is 51.8 cm³/mol. The van der Waals surface area contributed by atoms with Crippen LogP contribution in [-0.4, -0.2) is 20.4 Å². The lowest BCUT2D eigenvalue weighted by molar-refractivity contribution is 0.349. The highest BCUT2D eigenvalue weighted by atomic mass is 31.0. The first-order valence-corrected chi connectivity index (χ1v) is 4.13. The van der Waals surface area contributed by atoms with Gasteiger partial charge in [-0.2, -0.15) is 0 Å². The Morgan fingerprint density at radius 3 is 1.08 bits per heavy atom. The zero-order chi connectivity index (χ0) is 9.46. The average molecular weight is 206 g/mol. The Balaban J connectivity index is 3.60. The Kier molecular flexibility index (Phi) is 2.31. The summed E-state index contributed by atoms with van der Waals surface area (Å²) in [5, 5.41) is 36.8. The third-order valence-electron chi connectivity index (χ3n) is 1.47. The monoisotopic (exact) mass is 206 g/mol. The van der Waals surface area contributed by atoms with Crippen LogP contribution in [0, 0.1) is 0 Å². The van der Waals surface area contributed by atoms with Crippen LogP contribution in [0.4, 0.5) is 0 Å². The molecule has 0 bridgehead atoms. The van der Waals surface area contributed by atoms with Gasteiger partial charge in [0.15, 0.2) is 11.5 Å². The number of hydrogen-bond acceptors (Lipinski definition) is 4. The van der Waals surface area contributed by atoms with Gasteiger partial charge < -0.3 is 20.4 Å². The fraction of sp³-hybridized carbons (Fsp3) is 0. The second kappa shape index (κ2) is 2.96. The zero-order valence-corrected chi connectivity index (χ0v) is 8.25. The molecule has 4 nitrogen and oxygen atoms in total. The van der Waals surface area contributed by atoms with Crippen LogP contribution in [0.25, 0.3) is 0 Å². The van der Waals surface area contributed by atoms with Gasteiger partial charge in [0.2, 0.25) is 11.5 Å². The van der Waals surface area contributed by atoms with Gasteiger partial charge in [-0.3, -0.25) is 0 Å². The molecule has 0 spiro atoms. The molecule has 0 radical (unpaired) electrons. The highest BCUT2D eigenvalue weighted by Crippen LogP contribution is 2.40. The highest BCUT2D eigenvalue weighted by molar-refractivity contribution is 7.36. The molecule has 0 aliphatic carbocycles. The van der Waals surface area contributed by atoms with Gasteiger partial charge in [-0.15, -0.1) is 18.5 Å². The van der Waals surface area contributed by atoms with E-state index in [2.05, 4.69) is 18.5 Å². The summed E-state index contributed by atoms with van der Waals surface area (Å²) in [6.45, 7) is 0. The molecular weight excluding hydrogens is 198 g/mol. The summed E-state index contributed by atoms with van der Waals surface area (Å²) in [6.07, 6.45) is 0. The maximum Gasteiger partial charge on any atom is 0.204 e. The summed E-state index contributed by atoms with van der Waals surface area (Å²) in [5.74, 6) is -2.35. The van der Waals surface area contributed by atoms with E-state index in [0.717, 1.165) is 0 Å². The average Bonchev–Trinajstić information content (AvgIpc) is 2.08. The number of benzene rings is 1. The van der Waals surface area contributed by atoms with E-state index in [-0.39, 0.29) is 10.6 Å². The zero-order valence-electron chi connectivity index (χ0n) is 5.94. The van der Waals surface area contributed by atoms with Gasteiger partial charge in [-0.1, -0.05) is 0 Å². The first-order valence-electron chi connectivity index (χ1n) is 2.97. The number of aromatic hydroxyl groups is 4. The number of rotatable bonds is 0. The van der Waals surface area contributed by atoms with E-state index >= 15 is 0 Å². The Bertz CT molecular complexity index is 232. The van der Waals surface area contributed by atoms with Crippen molar-refractivity contribution in [3.63, 3.8) is 0 Å². The molecule has 0 saturated carbocycles. The Morgan fingerprint density at radius 2 is 0.833 bits per heavy atom. The molecule has 0 fully saturated rings. The second-order valence-electron chi connectivity index (χ2n) is 2.22. The van der Waals surface area contributed by atoms with Crippen LogP contribution in [0.5, 0.6) is 23.0 Å². The number of phenolic OH excluding ortho intramolecular Hbond substituents is 4. The third kappa shape index (κ3) is 1.17. The molecule has 1 aromatic carbocycles. The molecule has 4 N–H and O–H groups in total. The van der Waals surface area contributed by atoms with Crippen LogP contribution in [0.3, 0.4) is 0 Å². The minimum absolute atomic E-state index is 0.229. The SMILES string of the molecule is Oc1c(O)c(O)c(P)c(P)c1O. The van der Waals surface area contributed by atoms with Crippen LogP contribution >= 0.6 is 18.5 Å². The largest absolute Gasteiger partial charge is 0.504 e. The molecule has 2 unspecified atom stereocenters. The van der Waals surface area contributed by atoms with Crippen molar-refractivity contribution in [1.82, 2.24) is 0 Å². The van der Waals surface area contributed by atoms with Crippen LogP contribution in [0.15, 0.2) is 0 Å². The summed E-state index contributed by atoms with van der Waals surface area (Å²) in [4.78, 5) is 0. The standard InChI is InChI=1S/C6H8O4P2/c7-1-2(8)4(10)6(12)5(11)3(1)9/h7-10H,11-12H2. The molecule has 66 valence electrons. The van der Waals surface area contributed by atoms with Gasteiger partial charge in [0.05, 0.1) is 0 Å². The van der Waals surface area contributed by atoms with E-state index in [0.29, 0.717) is 0 Å². The minimum atomic E-state index is -0.719. The first kappa shape index (κ1) is 9.37. The van der Waals surface area contributed by atoms with Gasteiger partial charge in [0.25, 0.3) is 0 Å². The molecule has 0 aliphatic heterocycles. The van der Waals surface area contributed by atoms with Gasteiger partial charge in [0.1, 0.15) is 0 Å². The summed E-state index contributed by atoms with van der Waals surface area (Å²) < 4.78 is 0. The lowest BCUT2D eigenvalue weighted by Gasteiger charge is -2.09. The van der Waals surface area contributed by atoms with Crippen molar-refractivity contribution < 1.29 is 20.4 Å². The quantitative estimate of drug-likeness (QED) is 0.262. The number of hydrogen-bond donors (Lipinski definition) is 4. The van der Waals surface area contributed by atoms with Crippen molar-refractivity contribution >= 4 is 29.1 Å². The number of phenols is 4. The van der Waals surface area contributed by atoms with Crippen LogP contribution in [0.2, 0.25) is 0 Å². The third-order valence-corrected chi connectivity index (χ3v) is 2.98. The smallest absolute Gasteiger partial charge is 0.204 e. The molecule has 0 aliphatic rings. The van der Waals surface area contributed by atoms with E-state index in [1.165, 1.54) is 0 Å². The fourth-order valence-corrected chi connectivity index (χ4v) is 1.28. The molecule has 0 aromatic heterocycles. The Morgan fingerprint density at radius 1 is 0.583 bits per heavy atom. The molecule has 2 atom stereocenters. The molecule has 0 heterocycles. The molecule has 1 aromatic rings. The molecule has 6 heteroatoms. The normalized spacial score (nSPS) is 10.2. The lowest BCUT2D eigenvalue weighted by atomic mass is 10.2. The van der Waals surface area contributed by atoms with Gasteiger partial charge in [0, 0.05) is 10.6 Å². The van der Waals surface area contributed by atoms with E-state index in [4.69, 9.17) is 20.4 Å². The lowest BCUT2D eigenvalue weighted by Crippen LogP contribution is -2.11. The van der Waals surface area contributed by atoms with Gasteiger partial charge in [-0.25, -0.2) is 0 Å². The van der Waals surface area contributed by atoms with Crippen molar-refractivity contribution in [3.8, 4) is 23.0 Å². The van der Waals surface area contributed by atoms with E-state index in [1.54, 1.807) is 0 Å². The van der Waals surface area contributed by atoms with E-state index < -0.39 is 23.0 Å². The second-order valence-corrected chi connectivity index (χ2v) is 3.38. The summed E-state index contributed by atoms with van der Waals surface area (Å²) in [6, 6.07) is 0. The van der Waals surface area contributed by atoms with E-state index in [9.17, 15) is 0 Å². The van der Waals surface area contributed by atoms with Crippen molar-refractivity contribution in [3.05, 3.63) is 0 Å². The fourth-order valence-electron chi connectivity index (χ4n) is 0.735. The maximum atomic E-state index is 9.14. The molecule has 12 heavy (non-hydrogen) atoms. The molecule has 1 rings (SSSR count). The maximum absolute atomic E-state index is 9.14. The summed E-state index contributed by atoms with van der Waals surface area (Å²) in [5.41, 5.74) is 0. The topological polar surface area (TPSA) is 80.9 Å². The Labute approximate surface area is 73.3 Å². The minimum Gasteiger partial charge on any atom is -0.504 e. The van der Waals surface area contributed by atoms with Crippen molar-refractivity contribution in [2.45, 2.75) is 0 Å². The van der Waals surface area contributed by atoms with Gasteiger partial charge in [-0.05, 0) is 0 Å². The molecule has 0 saturated heterocycles. The van der Waals surface area contributed by atoms with Gasteiger partial charge >= 0.3 is 0 Å². The van der Waals surface area contributed by atoms with Crippen molar-refractivity contribution in [2.75, 3.05) is 0 Å². The van der Waals surface area contributed by atoms with Crippen LogP contribution in [0.1, 0.15) is 0 Å². The van der Waals surface area contributed by atoms with E-state index in [1.807, 2.05) is 0 Å². The van der Waals surface area contributed by atoms with Crippen molar-refractivity contribution in [1.29, 1.82) is 0 Å².